The minimum absolute atomic E-state index is 0.142. The maximum absolute atomic E-state index is 13.8. The normalized spacial score (nSPS) is 10.2. The fourth-order valence-corrected chi connectivity index (χ4v) is 2.43. The summed E-state index contributed by atoms with van der Waals surface area (Å²) in [6.45, 7) is 0.142. The number of ether oxygens (including phenoxy) is 3. The van der Waals surface area contributed by atoms with Gasteiger partial charge in [0, 0.05) is 19.2 Å². The van der Waals surface area contributed by atoms with Gasteiger partial charge in [-0.1, -0.05) is 18.2 Å². The first kappa shape index (κ1) is 17.6. The lowest BCUT2D eigenvalue weighted by Crippen LogP contribution is -2.27. The van der Waals surface area contributed by atoms with Crippen molar-refractivity contribution < 1.29 is 23.4 Å². The third-order valence-electron chi connectivity index (χ3n) is 3.65. The maximum atomic E-state index is 13.8. The topological polar surface area (TPSA) is 48.0 Å². The van der Waals surface area contributed by atoms with Gasteiger partial charge in [0.15, 0.2) is 11.5 Å². The molecule has 0 aliphatic heterocycles. The van der Waals surface area contributed by atoms with Crippen molar-refractivity contribution in [1.82, 2.24) is 4.90 Å². The van der Waals surface area contributed by atoms with Gasteiger partial charge in [-0.3, -0.25) is 4.79 Å². The summed E-state index contributed by atoms with van der Waals surface area (Å²) in [7, 11) is 6.02. The van der Waals surface area contributed by atoms with Crippen LogP contribution >= 0.6 is 0 Å². The number of hydrogen-bond acceptors (Lipinski definition) is 4. The van der Waals surface area contributed by atoms with E-state index in [1.807, 2.05) is 0 Å². The van der Waals surface area contributed by atoms with Crippen LogP contribution in [0.3, 0.4) is 0 Å². The summed E-state index contributed by atoms with van der Waals surface area (Å²) < 4.78 is 29.6. The van der Waals surface area contributed by atoms with Crippen LogP contribution in [-0.2, 0) is 6.54 Å². The molecule has 24 heavy (non-hydrogen) atoms. The van der Waals surface area contributed by atoms with Crippen LogP contribution in [0.5, 0.6) is 17.2 Å². The molecule has 2 rings (SSSR count). The number of halogens is 1. The molecule has 0 N–H and O–H groups in total. The molecule has 0 saturated heterocycles. The number of methoxy groups -OCH3 is 3. The Kier molecular flexibility index (Phi) is 5.63. The molecule has 0 spiro atoms. The van der Waals surface area contributed by atoms with Crippen LogP contribution in [-0.4, -0.2) is 39.2 Å². The fourth-order valence-electron chi connectivity index (χ4n) is 2.43. The van der Waals surface area contributed by atoms with E-state index in [0.29, 0.717) is 22.6 Å². The molecule has 0 aliphatic rings. The van der Waals surface area contributed by atoms with Crippen molar-refractivity contribution in [2.24, 2.45) is 0 Å². The largest absolute Gasteiger partial charge is 0.493 e. The molecule has 128 valence electrons. The van der Waals surface area contributed by atoms with E-state index in [4.69, 9.17) is 14.2 Å². The number of amides is 1. The van der Waals surface area contributed by atoms with Crippen molar-refractivity contribution in [2.45, 2.75) is 6.54 Å². The summed E-state index contributed by atoms with van der Waals surface area (Å²) in [6.07, 6.45) is 0. The van der Waals surface area contributed by atoms with Gasteiger partial charge in [-0.05, 0) is 18.2 Å². The van der Waals surface area contributed by atoms with Crippen LogP contribution in [0, 0.1) is 5.82 Å². The lowest BCUT2D eigenvalue weighted by molar-refractivity contribution is 0.0779. The molecule has 2 aromatic carbocycles. The third-order valence-corrected chi connectivity index (χ3v) is 3.65. The van der Waals surface area contributed by atoms with E-state index in [2.05, 4.69) is 0 Å². The zero-order chi connectivity index (χ0) is 17.7. The lowest BCUT2D eigenvalue weighted by Gasteiger charge is -2.21. The molecule has 0 radical (unpaired) electrons. The van der Waals surface area contributed by atoms with Crippen molar-refractivity contribution in [1.29, 1.82) is 0 Å². The fraction of sp³-hybridized carbons (Fsp3) is 0.278. The number of hydrogen-bond donors (Lipinski definition) is 0. The van der Waals surface area contributed by atoms with Crippen LogP contribution in [0.4, 0.5) is 4.39 Å². The molecule has 6 heteroatoms. The molecule has 0 aromatic heterocycles. The zero-order valence-electron chi connectivity index (χ0n) is 14.1. The van der Waals surface area contributed by atoms with Crippen LogP contribution in [0.25, 0.3) is 0 Å². The highest BCUT2D eigenvalue weighted by molar-refractivity contribution is 5.98. The molecule has 1 amide bonds. The number of nitrogens with zero attached hydrogens (tertiary/aromatic N) is 1. The second-order valence-corrected chi connectivity index (χ2v) is 5.13. The van der Waals surface area contributed by atoms with Gasteiger partial charge in [-0.25, -0.2) is 4.39 Å². The quantitative estimate of drug-likeness (QED) is 0.815. The molecule has 0 unspecified atom stereocenters. The second-order valence-electron chi connectivity index (χ2n) is 5.13. The minimum Gasteiger partial charge on any atom is -0.493 e. The first-order valence-corrected chi connectivity index (χ1v) is 7.31. The number of benzene rings is 2. The van der Waals surface area contributed by atoms with Crippen LogP contribution < -0.4 is 14.2 Å². The van der Waals surface area contributed by atoms with Gasteiger partial charge in [0.25, 0.3) is 5.91 Å². The van der Waals surface area contributed by atoms with Crippen LogP contribution in [0.1, 0.15) is 15.9 Å². The smallest absolute Gasteiger partial charge is 0.257 e. The summed E-state index contributed by atoms with van der Waals surface area (Å²) in [5.41, 5.74) is 0.752. The predicted octanol–water partition coefficient (Wildman–Crippen LogP) is 3.12. The second kappa shape index (κ2) is 7.68. The molecular weight excluding hydrogens is 313 g/mol. The Balaban J connectivity index is 2.33. The SMILES string of the molecule is COc1ccc(C(=O)N(C)Cc2ccccc2F)c(OC)c1OC. The maximum Gasteiger partial charge on any atom is 0.257 e. The number of carbonyl (C=O) groups is 1. The average Bonchev–Trinajstić information content (AvgIpc) is 2.61. The van der Waals surface area contributed by atoms with Crippen molar-refractivity contribution in [3.05, 3.63) is 53.3 Å². The molecule has 0 heterocycles. The first-order valence-electron chi connectivity index (χ1n) is 7.31. The average molecular weight is 333 g/mol. The van der Waals surface area contributed by atoms with E-state index in [-0.39, 0.29) is 24.0 Å². The highest BCUT2D eigenvalue weighted by Gasteiger charge is 2.23. The predicted molar refractivity (Wildman–Crippen MR) is 88.3 cm³/mol. The Morgan fingerprint density at radius 1 is 1.00 bits per heavy atom. The zero-order valence-corrected chi connectivity index (χ0v) is 14.1. The molecular formula is C18H20FNO4. The van der Waals surface area contributed by atoms with Gasteiger partial charge >= 0.3 is 0 Å². The van der Waals surface area contributed by atoms with Gasteiger partial charge in [0.1, 0.15) is 5.82 Å². The Morgan fingerprint density at radius 3 is 2.25 bits per heavy atom. The van der Waals surface area contributed by atoms with Gasteiger partial charge in [0.05, 0.1) is 26.9 Å². The Hall–Kier alpha value is -2.76. The van der Waals surface area contributed by atoms with E-state index in [0.717, 1.165) is 0 Å². The van der Waals surface area contributed by atoms with Crippen molar-refractivity contribution in [3.8, 4) is 17.2 Å². The summed E-state index contributed by atoms with van der Waals surface area (Å²) in [5.74, 6) is 0.419. The third kappa shape index (κ3) is 3.42. The van der Waals surface area contributed by atoms with Crippen molar-refractivity contribution in [2.75, 3.05) is 28.4 Å². The summed E-state index contributed by atoms with van der Waals surface area (Å²) in [5, 5.41) is 0. The highest BCUT2D eigenvalue weighted by Crippen LogP contribution is 2.40. The molecule has 0 atom stereocenters. The van der Waals surface area contributed by atoms with Gasteiger partial charge in [-0.2, -0.15) is 0 Å². The van der Waals surface area contributed by atoms with Gasteiger partial charge in [0.2, 0.25) is 5.75 Å². The Bertz CT molecular complexity index is 733. The summed E-state index contributed by atoms with van der Waals surface area (Å²) in [4.78, 5) is 14.2. The number of rotatable bonds is 6. The molecule has 5 nitrogen and oxygen atoms in total. The van der Waals surface area contributed by atoms with Crippen LogP contribution in [0.15, 0.2) is 36.4 Å². The summed E-state index contributed by atoms with van der Waals surface area (Å²) in [6, 6.07) is 9.58. The molecule has 0 aliphatic carbocycles. The number of carbonyl (C=O) groups excluding carboxylic acids is 1. The summed E-state index contributed by atoms with van der Waals surface area (Å²) >= 11 is 0. The highest BCUT2D eigenvalue weighted by atomic mass is 19.1. The van der Waals surface area contributed by atoms with E-state index >= 15 is 0 Å². The van der Waals surface area contributed by atoms with Crippen molar-refractivity contribution in [3.63, 3.8) is 0 Å². The Morgan fingerprint density at radius 2 is 1.67 bits per heavy atom. The van der Waals surface area contributed by atoms with E-state index in [9.17, 15) is 9.18 Å². The van der Waals surface area contributed by atoms with E-state index in [1.54, 1.807) is 37.4 Å². The molecule has 0 fully saturated rings. The molecule has 2 aromatic rings. The first-order chi connectivity index (χ1) is 11.5. The Labute approximate surface area is 140 Å². The minimum atomic E-state index is -0.351. The van der Waals surface area contributed by atoms with E-state index in [1.165, 1.54) is 32.3 Å². The van der Waals surface area contributed by atoms with Gasteiger partial charge in [-0.15, -0.1) is 0 Å². The van der Waals surface area contributed by atoms with Crippen LogP contribution in [0.2, 0.25) is 0 Å². The lowest BCUT2D eigenvalue weighted by atomic mass is 10.1. The van der Waals surface area contributed by atoms with Gasteiger partial charge < -0.3 is 19.1 Å². The monoisotopic (exact) mass is 333 g/mol. The van der Waals surface area contributed by atoms with Crippen molar-refractivity contribution >= 4 is 5.91 Å². The van der Waals surface area contributed by atoms with E-state index < -0.39 is 0 Å². The molecule has 0 saturated carbocycles. The standard InChI is InChI=1S/C18H20FNO4/c1-20(11-12-7-5-6-8-14(12)19)18(21)13-9-10-15(22-2)17(24-4)16(13)23-3/h5-10H,11H2,1-4H3. The molecule has 0 bridgehead atoms.